The second kappa shape index (κ2) is 11.2. The quantitative estimate of drug-likeness (QED) is 0.408. The third-order valence-electron chi connectivity index (χ3n) is 5.87. The van der Waals surface area contributed by atoms with Crippen molar-refractivity contribution < 1.29 is 14.6 Å². The molecular formula is C27H30N4O3. The lowest BCUT2D eigenvalue weighted by Crippen LogP contribution is -2.50. The Morgan fingerprint density at radius 2 is 1.74 bits per heavy atom. The van der Waals surface area contributed by atoms with Crippen LogP contribution in [0.3, 0.4) is 0 Å². The van der Waals surface area contributed by atoms with E-state index in [4.69, 9.17) is 9.73 Å². The number of hydrogen-bond donors (Lipinski definition) is 2. The average Bonchev–Trinajstić information content (AvgIpc) is 2.89. The maximum atomic E-state index is 11.4. The first-order valence-electron chi connectivity index (χ1n) is 11.4. The first-order chi connectivity index (χ1) is 16.6. The van der Waals surface area contributed by atoms with Crippen molar-refractivity contribution in [2.75, 3.05) is 50.1 Å². The molecule has 0 spiro atoms. The van der Waals surface area contributed by atoms with Gasteiger partial charge in [0.25, 0.3) is 0 Å². The molecule has 0 atom stereocenters. The summed E-state index contributed by atoms with van der Waals surface area (Å²) in [6, 6.07) is 25.2. The Morgan fingerprint density at radius 1 is 0.971 bits per heavy atom. The molecule has 34 heavy (non-hydrogen) atoms. The topological polar surface area (TPSA) is 77.4 Å². The van der Waals surface area contributed by atoms with Gasteiger partial charge in [-0.3, -0.25) is 4.99 Å². The number of carboxylic acids is 1. The molecule has 0 aromatic heterocycles. The summed E-state index contributed by atoms with van der Waals surface area (Å²) in [7, 11) is 1.68. The van der Waals surface area contributed by atoms with E-state index in [1.807, 2.05) is 36.4 Å². The second-order valence-electron chi connectivity index (χ2n) is 8.13. The molecule has 176 valence electrons. The molecule has 1 aliphatic heterocycles. The standard InChI is InChI=1S/C27H30N4O3/c1-34-25-12-6-11-24(20-25)30-15-17-31(18-16-30)27(28-14-13-21-7-3-2-4-8-21)29-23-10-5-9-22(19-23)26(32)33/h2-12,19-20H,13-18H2,1H3,(H,28,29)(H,32,33). The number of carboxylic acid groups (broad SMARTS) is 1. The van der Waals surface area contributed by atoms with Crippen molar-refractivity contribution in [1.82, 2.24) is 4.90 Å². The van der Waals surface area contributed by atoms with E-state index in [9.17, 15) is 9.90 Å². The summed E-state index contributed by atoms with van der Waals surface area (Å²) in [6.07, 6.45) is 0.838. The number of hydrogen-bond acceptors (Lipinski definition) is 4. The molecule has 7 heteroatoms. The van der Waals surface area contributed by atoms with Crippen molar-refractivity contribution in [2.45, 2.75) is 6.42 Å². The van der Waals surface area contributed by atoms with Crippen molar-refractivity contribution in [3.63, 3.8) is 0 Å². The van der Waals surface area contributed by atoms with Crippen molar-refractivity contribution >= 4 is 23.3 Å². The van der Waals surface area contributed by atoms with Gasteiger partial charge in [0, 0.05) is 50.2 Å². The van der Waals surface area contributed by atoms with Crippen LogP contribution in [0.25, 0.3) is 0 Å². The normalized spacial score (nSPS) is 14.1. The Balaban J connectivity index is 1.47. The molecule has 0 unspecified atom stereocenters. The second-order valence-corrected chi connectivity index (χ2v) is 8.13. The van der Waals surface area contributed by atoms with E-state index in [0.717, 1.165) is 50.0 Å². The van der Waals surface area contributed by atoms with Gasteiger partial charge in [-0.15, -0.1) is 0 Å². The number of rotatable bonds is 7. The van der Waals surface area contributed by atoms with Crippen molar-refractivity contribution in [1.29, 1.82) is 0 Å². The predicted octanol–water partition coefficient (Wildman–Crippen LogP) is 4.23. The average molecular weight is 459 g/mol. The van der Waals surface area contributed by atoms with Crippen LogP contribution in [0.4, 0.5) is 11.4 Å². The molecule has 2 N–H and O–H groups in total. The van der Waals surface area contributed by atoms with Gasteiger partial charge in [-0.1, -0.05) is 42.5 Å². The van der Waals surface area contributed by atoms with Crippen LogP contribution in [0.2, 0.25) is 0 Å². The van der Waals surface area contributed by atoms with E-state index in [0.29, 0.717) is 12.2 Å². The summed E-state index contributed by atoms with van der Waals surface area (Å²) in [6.45, 7) is 3.94. The summed E-state index contributed by atoms with van der Waals surface area (Å²) in [4.78, 5) is 20.9. The van der Waals surface area contributed by atoms with E-state index in [2.05, 4.69) is 39.4 Å². The smallest absolute Gasteiger partial charge is 0.335 e. The van der Waals surface area contributed by atoms with Crippen molar-refractivity contribution in [2.24, 2.45) is 4.99 Å². The Hall–Kier alpha value is -4.00. The summed E-state index contributed by atoms with van der Waals surface area (Å²) in [5.74, 6) is 0.671. The SMILES string of the molecule is COc1cccc(N2CCN(C(=NCCc3ccccc3)Nc3cccc(C(=O)O)c3)CC2)c1. The van der Waals surface area contributed by atoms with E-state index < -0.39 is 5.97 Å². The highest BCUT2D eigenvalue weighted by Gasteiger charge is 2.21. The van der Waals surface area contributed by atoms with Crippen LogP contribution in [-0.2, 0) is 6.42 Å². The third-order valence-corrected chi connectivity index (χ3v) is 5.87. The number of methoxy groups -OCH3 is 1. The van der Waals surface area contributed by atoms with E-state index in [-0.39, 0.29) is 5.56 Å². The van der Waals surface area contributed by atoms with E-state index >= 15 is 0 Å². The summed E-state index contributed by atoms with van der Waals surface area (Å²) in [5.41, 5.74) is 3.34. The summed E-state index contributed by atoms with van der Waals surface area (Å²) in [5, 5.41) is 12.7. The fraction of sp³-hybridized carbons (Fsp3) is 0.259. The highest BCUT2D eigenvalue weighted by molar-refractivity contribution is 5.96. The van der Waals surface area contributed by atoms with Gasteiger partial charge in [0.1, 0.15) is 5.75 Å². The predicted molar refractivity (Wildman–Crippen MR) is 136 cm³/mol. The van der Waals surface area contributed by atoms with Gasteiger partial charge in [-0.2, -0.15) is 0 Å². The molecule has 3 aromatic carbocycles. The molecule has 1 heterocycles. The maximum Gasteiger partial charge on any atom is 0.335 e. The number of nitrogens with one attached hydrogen (secondary N) is 1. The van der Waals surface area contributed by atoms with Crippen LogP contribution in [0.15, 0.2) is 83.9 Å². The molecular weight excluding hydrogens is 428 g/mol. The Kier molecular flexibility index (Phi) is 7.65. The number of benzene rings is 3. The van der Waals surface area contributed by atoms with Crippen LogP contribution in [0.1, 0.15) is 15.9 Å². The first kappa shape index (κ1) is 23.2. The van der Waals surface area contributed by atoms with Gasteiger partial charge in [-0.05, 0) is 42.3 Å². The minimum absolute atomic E-state index is 0.247. The third kappa shape index (κ3) is 6.07. The molecule has 0 amide bonds. The highest BCUT2D eigenvalue weighted by atomic mass is 16.5. The monoisotopic (exact) mass is 458 g/mol. The molecule has 0 aliphatic carbocycles. The van der Waals surface area contributed by atoms with Gasteiger partial charge in [0.15, 0.2) is 5.96 Å². The van der Waals surface area contributed by atoms with E-state index in [1.54, 1.807) is 25.3 Å². The minimum Gasteiger partial charge on any atom is -0.497 e. The lowest BCUT2D eigenvalue weighted by molar-refractivity contribution is 0.0697. The number of anilines is 2. The molecule has 0 saturated carbocycles. The number of aromatic carboxylic acids is 1. The van der Waals surface area contributed by atoms with Crippen LogP contribution in [-0.4, -0.2) is 61.8 Å². The summed E-state index contributed by atoms with van der Waals surface area (Å²) >= 11 is 0. The van der Waals surface area contributed by atoms with Gasteiger partial charge >= 0.3 is 5.97 Å². The molecule has 4 rings (SSSR count). The van der Waals surface area contributed by atoms with Crippen LogP contribution < -0.4 is 15.0 Å². The highest BCUT2D eigenvalue weighted by Crippen LogP contribution is 2.22. The molecule has 3 aromatic rings. The van der Waals surface area contributed by atoms with Crippen LogP contribution in [0.5, 0.6) is 5.75 Å². The number of guanidine groups is 1. The largest absolute Gasteiger partial charge is 0.497 e. The van der Waals surface area contributed by atoms with Gasteiger partial charge in [-0.25, -0.2) is 4.79 Å². The lowest BCUT2D eigenvalue weighted by atomic mass is 10.1. The fourth-order valence-electron chi connectivity index (χ4n) is 4.00. The molecule has 1 aliphatic rings. The van der Waals surface area contributed by atoms with Crippen molar-refractivity contribution in [3.05, 3.63) is 90.0 Å². The van der Waals surface area contributed by atoms with Gasteiger partial charge in [0.2, 0.25) is 0 Å². The molecule has 0 bridgehead atoms. The zero-order valence-electron chi connectivity index (χ0n) is 19.4. The maximum absolute atomic E-state index is 11.4. The van der Waals surface area contributed by atoms with Crippen LogP contribution >= 0.6 is 0 Å². The number of nitrogens with zero attached hydrogens (tertiary/aromatic N) is 3. The molecule has 7 nitrogen and oxygen atoms in total. The number of piperazine rings is 1. The minimum atomic E-state index is -0.946. The number of carbonyl (C=O) groups is 1. The lowest BCUT2D eigenvalue weighted by Gasteiger charge is -2.38. The zero-order valence-corrected chi connectivity index (χ0v) is 19.4. The molecule has 0 radical (unpaired) electrons. The molecule has 1 saturated heterocycles. The summed E-state index contributed by atoms with van der Waals surface area (Å²) < 4.78 is 5.37. The van der Waals surface area contributed by atoms with Gasteiger partial charge < -0.3 is 25.0 Å². The van der Waals surface area contributed by atoms with Crippen molar-refractivity contribution in [3.8, 4) is 5.75 Å². The Bertz CT molecular complexity index is 1130. The Labute approximate surface area is 200 Å². The number of aliphatic imine (C=N–C) groups is 1. The van der Waals surface area contributed by atoms with Crippen LogP contribution in [0, 0.1) is 0 Å². The van der Waals surface area contributed by atoms with Gasteiger partial charge in [0.05, 0.1) is 12.7 Å². The van der Waals surface area contributed by atoms with E-state index in [1.165, 1.54) is 5.56 Å². The fourth-order valence-corrected chi connectivity index (χ4v) is 4.00. The number of ether oxygens (including phenoxy) is 1. The zero-order chi connectivity index (χ0) is 23.8. The first-order valence-corrected chi connectivity index (χ1v) is 11.4. The Morgan fingerprint density at radius 3 is 2.47 bits per heavy atom. The molecule has 1 fully saturated rings.